The first kappa shape index (κ1) is 14.3. The normalized spacial score (nSPS) is 19.2. The fourth-order valence-corrected chi connectivity index (χ4v) is 2.45. The highest BCUT2D eigenvalue weighted by atomic mass is 16.4. The lowest BCUT2D eigenvalue weighted by molar-refractivity contribution is 0.101. The smallest absolute Gasteiger partial charge is 0.407 e. The van der Waals surface area contributed by atoms with Gasteiger partial charge < -0.3 is 10.0 Å². The zero-order valence-electron chi connectivity index (χ0n) is 11.6. The summed E-state index contributed by atoms with van der Waals surface area (Å²) in [5.74, 6) is 0.0462. The molecule has 1 unspecified atom stereocenters. The predicted octanol–water partition coefficient (Wildman–Crippen LogP) is 3.43. The molecule has 0 bridgehead atoms. The molecule has 0 saturated carbocycles. The second kappa shape index (κ2) is 6.37. The molecule has 0 spiro atoms. The number of likely N-dealkylation sites (tertiary alicyclic amines) is 1. The van der Waals surface area contributed by atoms with Gasteiger partial charge in [-0.2, -0.15) is 0 Å². The van der Waals surface area contributed by atoms with Crippen molar-refractivity contribution in [2.45, 2.75) is 32.2 Å². The number of ketones is 1. The lowest BCUT2D eigenvalue weighted by atomic mass is 10.0. The summed E-state index contributed by atoms with van der Waals surface area (Å²) < 4.78 is 0. The van der Waals surface area contributed by atoms with Crippen molar-refractivity contribution >= 4 is 18.0 Å². The molecule has 0 aliphatic carbocycles. The summed E-state index contributed by atoms with van der Waals surface area (Å²) in [6.07, 6.45) is 5.87. The van der Waals surface area contributed by atoms with E-state index >= 15 is 0 Å². The maximum atomic E-state index is 11.2. The van der Waals surface area contributed by atoms with Crippen LogP contribution in [0.25, 0.3) is 6.08 Å². The number of benzene rings is 1. The zero-order chi connectivity index (χ0) is 14.5. The van der Waals surface area contributed by atoms with Gasteiger partial charge in [0.05, 0.1) is 6.04 Å². The Morgan fingerprint density at radius 3 is 2.55 bits per heavy atom. The van der Waals surface area contributed by atoms with Crippen LogP contribution in [0.4, 0.5) is 4.79 Å². The van der Waals surface area contributed by atoms with E-state index in [-0.39, 0.29) is 11.8 Å². The van der Waals surface area contributed by atoms with Crippen LogP contribution >= 0.6 is 0 Å². The molecule has 106 valence electrons. The van der Waals surface area contributed by atoms with E-state index in [4.69, 9.17) is 5.11 Å². The predicted molar refractivity (Wildman–Crippen MR) is 77.9 cm³/mol. The van der Waals surface area contributed by atoms with E-state index in [1.54, 1.807) is 12.1 Å². The summed E-state index contributed by atoms with van der Waals surface area (Å²) in [5, 5.41) is 9.16. The first-order valence-corrected chi connectivity index (χ1v) is 6.86. The van der Waals surface area contributed by atoms with Crippen LogP contribution in [0.1, 0.15) is 42.1 Å². The Morgan fingerprint density at radius 1 is 1.25 bits per heavy atom. The van der Waals surface area contributed by atoms with Gasteiger partial charge in [0, 0.05) is 12.1 Å². The second-order valence-electron chi connectivity index (χ2n) is 5.08. The van der Waals surface area contributed by atoms with E-state index < -0.39 is 6.09 Å². The highest BCUT2D eigenvalue weighted by molar-refractivity contribution is 5.94. The molecule has 2 rings (SSSR count). The number of rotatable bonds is 3. The summed E-state index contributed by atoms with van der Waals surface area (Å²) in [4.78, 5) is 23.8. The average Bonchev–Trinajstić information content (AvgIpc) is 2.45. The van der Waals surface area contributed by atoms with Crippen molar-refractivity contribution in [1.82, 2.24) is 4.90 Å². The van der Waals surface area contributed by atoms with Gasteiger partial charge in [-0.1, -0.05) is 36.4 Å². The Morgan fingerprint density at radius 2 is 1.95 bits per heavy atom. The minimum atomic E-state index is -0.855. The van der Waals surface area contributed by atoms with Gasteiger partial charge >= 0.3 is 6.09 Å². The van der Waals surface area contributed by atoms with Gasteiger partial charge in [-0.15, -0.1) is 0 Å². The van der Waals surface area contributed by atoms with Crippen LogP contribution in [0.3, 0.4) is 0 Å². The molecule has 1 aromatic rings. The van der Waals surface area contributed by atoms with Gasteiger partial charge in [0.25, 0.3) is 0 Å². The van der Waals surface area contributed by atoms with Crippen molar-refractivity contribution in [3.05, 3.63) is 41.5 Å². The molecule has 1 aliphatic rings. The van der Waals surface area contributed by atoms with Crippen molar-refractivity contribution in [1.29, 1.82) is 0 Å². The molecule has 0 radical (unpaired) electrons. The van der Waals surface area contributed by atoms with Crippen LogP contribution in [0.15, 0.2) is 30.3 Å². The number of carboxylic acid groups (broad SMARTS) is 1. The number of amides is 1. The maximum absolute atomic E-state index is 11.2. The lowest BCUT2D eigenvalue weighted by Crippen LogP contribution is -2.41. The molecule has 1 atom stereocenters. The number of nitrogens with zero attached hydrogens (tertiary/aromatic N) is 1. The molecule has 4 heteroatoms. The Labute approximate surface area is 118 Å². The summed E-state index contributed by atoms with van der Waals surface area (Å²) >= 11 is 0. The standard InChI is InChI=1S/C16H19NO3/c1-12(18)14-8-5-13(6-9-14)7-10-15-4-2-3-11-17(15)16(19)20/h5-10,15H,2-4,11H2,1H3,(H,19,20). The summed E-state index contributed by atoms with van der Waals surface area (Å²) in [6, 6.07) is 7.28. The molecule has 1 fully saturated rings. The van der Waals surface area contributed by atoms with Crippen LogP contribution in [-0.2, 0) is 0 Å². The summed E-state index contributed by atoms with van der Waals surface area (Å²) in [5.41, 5.74) is 1.66. The second-order valence-corrected chi connectivity index (χ2v) is 5.08. The van der Waals surface area contributed by atoms with Crippen LogP contribution in [0.2, 0.25) is 0 Å². The molecule has 1 heterocycles. The van der Waals surface area contributed by atoms with E-state index in [2.05, 4.69) is 0 Å². The molecule has 1 aliphatic heterocycles. The van der Waals surface area contributed by atoms with Gasteiger partial charge in [-0.25, -0.2) is 4.79 Å². The molecular formula is C16H19NO3. The molecule has 4 nitrogen and oxygen atoms in total. The van der Waals surface area contributed by atoms with Crippen molar-refractivity contribution in [2.24, 2.45) is 0 Å². The fourth-order valence-electron chi connectivity index (χ4n) is 2.45. The van der Waals surface area contributed by atoms with E-state index in [1.807, 2.05) is 24.3 Å². The maximum Gasteiger partial charge on any atom is 0.407 e. The highest BCUT2D eigenvalue weighted by Crippen LogP contribution is 2.19. The number of hydrogen-bond acceptors (Lipinski definition) is 2. The number of piperidine rings is 1. The fraction of sp³-hybridized carbons (Fsp3) is 0.375. The topological polar surface area (TPSA) is 57.6 Å². The Hall–Kier alpha value is -2.10. The van der Waals surface area contributed by atoms with E-state index in [1.165, 1.54) is 11.8 Å². The van der Waals surface area contributed by atoms with Crippen LogP contribution < -0.4 is 0 Å². The third kappa shape index (κ3) is 3.47. The highest BCUT2D eigenvalue weighted by Gasteiger charge is 2.23. The Bertz CT molecular complexity index is 519. The monoisotopic (exact) mass is 273 g/mol. The first-order chi connectivity index (χ1) is 9.58. The molecule has 20 heavy (non-hydrogen) atoms. The van der Waals surface area contributed by atoms with Crippen LogP contribution in [-0.4, -0.2) is 34.5 Å². The first-order valence-electron chi connectivity index (χ1n) is 6.86. The molecule has 1 saturated heterocycles. The van der Waals surface area contributed by atoms with Gasteiger partial charge in [0.1, 0.15) is 0 Å². The molecular weight excluding hydrogens is 254 g/mol. The average molecular weight is 273 g/mol. The largest absolute Gasteiger partial charge is 0.465 e. The number of carbonyl (C=O) groups is 2. The molecule has 1 aromatic carbocycles. The number of carbonyl (C=O) groups excluding carboxylic acids is 1. The molecule has 1 N–H and O–H groups in total. The van der Waals surface area contributed by atoms with Gasteiger partial charge in [-0.3, -0.25) is 4.79 Å². The quantitative estimate of drug-likeness (QED) is 0.858. The van der Waals surface area contributed by atoms with Crippen molar-refractivity contribution in [2.75, 3.05) is 6.54 Å². The van der Waals surface area contributed by atoms with Crippen molar-refractivity contribution in [3.63, 3.8) is 0 Å². The minimum absolute atomic E-state index is 0.0462. The third-order valence-electron chi connectivity index (χ3n) is 3.62. The minimum Gasteiger partial charge on any atom is -0.465 e. The van der Waals surface area contributed by atoms with E-state index in [9.17, 15) is 9.59 Å². The zero-order valence-corrected chi connectivity index (χ0v) is 11.6. The van der Waals surface area contributed by atoms with Crippen molar-refractivity contribution in [3.8, 4) is 0 Å². The number of Topliss-reactive ketones (excluding diaryl/α,β-unsaturated/α-hetero) is 1. The van der Waals surface area contributed by atoms with E-state index in [0.29, 0.717) is 12.1 Å². The Kier molecular flexibility index (Phi) is 4.56. The lowest BCUT2D eigenvalue weighted by Gasteiger charge is -2.31. The van der Waals surface area contributed by atoms with Gasteiger partial charge in [0.15, 0.2) is 5.78 Å². The molecule has 0 aromatic heterocycles. The van der Waals surface area contributed by atoms with Crippen LogP contribution in [0.5, 0.6) is 0 Å². The van der Waals surface area contributed by atoms with Crippen molar-refractivity contribution < 1.29 is 14.7 Å². The van der Waals surface area contributed by atoms with Gasteiger partial charge in [-0.05, 0) is 31.7 Å². The summed E-state index contributed by atoms with van der Waals surface area (Å²) in [6.45, 7) is 2.14. The third-order valence-corrected chi connectivity index (χ3v) is 3.62. The SMILES string of the molecule is CC(=O)c1ccc(C=CC2CCCCN2C(=O)O)cc1. The molecule has 1 amide bonds. The van der Waals surface area contributed by atoms with E-state index in [0.717, 1.165) is 24.8 Å². The van der Waals surface area contributed by atoms with Crippen LogP contribution in [0, 0.1) is 0 Å². The summed E-state index contributed by atoms with van der Waals surface area (Å²) in [7, 11) is 0. The van der Waals surface area contributed by atoms with Gasteiger partial charge in [0.2, 0.25) is 0 Å². The number of hydrogen-bond donors (Lipinski definition) is 1. The Balaban J connectivity index is 2.07.